The van der Waals surface area contributed by atoms with Crippen molar-refractivity contribution < 1.29 is 4.79 Å². The van der Waals surface area contributed by atoms with Gasteiger partial charge < -0.3 is 10.3 Å². The van der Waals surface area contributed by atoms with Crippen molar-refractivity contribution in [1.82, 2.24) is 29.7 Å². The van der Waals surface area contributed by atoms with Crippen molar-refractivity contribution in [3.63, 3.8) is 0 Å². The van der Waals surface area contributed by atoms with Crippen LogP contribution in [-0.4, -0.2) is 35.6 Å². The Labute approximate surface area is 141 Å². The molecule has 0 saturated heterocycles. The van der Waals surface area contributed by atoms with Crippen molar-refractivity contribution in [2.45, 2.75) is 19.8 Å². The molecule has 0 aliphatic rings. The number of carbonyl (C=O) groups is 1. The molecule has 25 heavy (non-hydrogen) atoms. The average molecular weight is 341 g/mol. The summed E-state index contributed by atoms with van der Waals surface area (Å²) in [6.45, 7) is 1.62. The van der Waals surface area contributed by atoms with Crippen LogP contribution in [0.1, 0.15) is 17.7 Å². The molecule has 0 aliphatic carbocycles. The highest BCUT2D eigenvalue weighted by atomic mass is 16.2. The molecule has 3 aromatic heterocycles. The third kappa shape index (κ3) is 3.86. The SMILES string of the molecule is Cc1[nH]c(=O)[nH]c(=O)c1CCC(=O)Nc1ccc(-n2cncn2)nc1. The Bertz CT molecular complexity index is 987. The van der Waals surface area contributed by atoms with Crippen molar-refractivity contribution in [1.29, 1.82) is 0 Å². The molecule has 3 N–H and O–H groups in total. The van der Waals surface area contributed by atoms with Crippen LogP contribution in [0.2, 0.25) is 0 Å². The Morgan fingerprint density at radius 2 is 2.12 bits per heavy atom. The summed E-state index contributed by atoms with van der Waals surface area (Å²) < 4.78 is 1.50. The number of nitrogens with zero attached hydrogens (tertiary/aromatic N) is 4. The largest absolute Gasteiger partial charge is 0.325 e. The lowest BCUT2D eigenvalue weighted by atomic mass is 10.1. The van der Waals surface area contributed by atoms with Crippen LogP contribution < -0.4 is 16.6 Å². The van der Waals surface area contributed by atoms with Gasteiger partial charge in [0.15, 0.2) is 5.82 Å². The molecule has 3 aromatic rings. The van der Waals surface area contributed by atoms with Crippen LogP contribution in [0.25, 0.3) is 5.82 Å². The van der Waals surface area contributed by atoms with Gasteiger partial charge >= 0.3 is 5.69 Å². The van der Waals surface area contributed by atoms with Crippen LogP contribution in [0.4, 0.5) is 5.69 Å². The first kappa shape index (κ1) is 16.3. The summed E-state index contributed by atoms with van der Waals surface area (Å²) >= 11 is 0. The normalized spacial score (nSPS) is 10.6. The summed E-state index contributed by atoms with van der Waals surface area (Å²) in [5.74, 6) is 0.311. The van der Waals surface area contributed by atoms with E-state index in [0.717, 1.165) is 0 Å². The van der Waals surface area contributed by atoms with Gasteiger partial charge in [-0.2, -0.15) is 5.10 Å². The minimum Gasteiger partial charge on any atom is -0.325 e. The van der Waals surface area contributed by atoms with E-state index in [9.17, 15) is 14.4 Å². The number of anilines is 1. The quantitative estimate of drug-likeness (QED) is 0.593. The summed E-state index contributed by atoms with van der Waals surface area (Å²) in [5.41, 5.74) is 0.331. The first-order valence-corrected chi connectivity index (χ1v) is 7.46. The molecule has 3 rings (SSSR count). The Kier molecular flexibility index (Phi) is 4.50. The van der Waals surface area contributed by atoms with E-state index in [1.807, 2.05) is 0 Å². The van der Waals surface area contributed by atoms with Gasteiger partial charge in [0.25, 0.3) is 5.56 Å². The first-order valence-electron chi connectivity index (χ1n) is 7.46. The molecule has 10 nitrogen and oxygen atoms in total. The Balaban J connectivity index is 1.61. The van der Waals surface area contributed by atoms with E-state index in [1.54, 1.807) is 19.1 Å². The van der Waals surface area contributed by atoms with Crippen LogP contribution in [0.3, 0.4) is 0 Å². The van der Waals surface area contributed by atoms with E-state index >= 15 is 0 Å². The topological polar surface area (TPSA) is 138 Å². The van der Waals surface area contributed by atoms with E-state index in [-0.39, 0.29) is 18.7 Å². The molecular weight excluding hydrogens is 326 g/mol. The Morgan fingerprint density at radius 1 is 1.28 bits per heavy atom. The number of hydrogen-bond donors (Lipinski definition) is 3. The van der Waals surface area contributed by atoms with Gasteiger partial charge in [-0.1, -0.05) is 0 Å². The number of aromatic amines is 2. The maximum atomic E-state index is 12.0. The Morgan fingerprint density at radius 3 is 2.76 bits per heavy atom. The van der Waals surface area contributed by atoms with Gasteiger partial charge in [0.2, 0.25) is 5.91 Å². The van der Waals surface area contributed by atoms with Crippen LogP contribution in [0.15, 0.2) is 40.6 Å². The van der Waals surface area contributed by atoms with Crippen LogP contribution >= 0.6 is 0 Å². The fourth-order valence-electron chi connectivity index (χ4n) is 2.31. The molecule has 0 unspecified atom stereocenters. The van der Waals surface area contributed by atoms with Gasteiger partial charge in [-0.05, 0) is 25.5 Å². The lowest BCUT2D eigenvalue weighted by Crippen LogP contribution is -2.27. The molecule has 0 saturated carbocycles. The third-order valence-electron chi connectivity index (χ3n) is 3.54. The Hall–Kier alpha value is -3.56. The number of nitrogens with one attached hydrogen (secondary N) is 3. The molecule has 0 radical (unpaired) electrons. The number of hydrogen-bond acceptors (Lipinski definition) is 6. The van der Waals surface area contributed by atoms with Crippen molar-refractivity contribution in [2.24, 2.45) is 0 Å². The van der Waals surface area contributed by atoms with Crippen molar-refractivity contribution in [2.75, 3.05) is 5.32 Å². The number of rotatable bonds is 5. The van der Waals surface area contributed by atoms with Gasteiger partial charge in [0.1, 0.15) is 12.7 Å². The fourth-order valence-corrected chi connectivity index (χ4v) is 2.31. The second-order valence-corrected chi connectivity index (χ2v) is 5.31. The molecule has 0 aliphatic heterocycles. The number of pyridine rings is 1. The lowest BCUT2D eigenvalue weighted by Gasteiger charge is -2.07. The molecular formula is C15H15N7O3. The summed E-state index contributed by atoms with van der Waals surface area (Å²) in [7, 11) is 0. The van der Waals surface area contributed by atoms with Crippen molar-refractivity contribution >= 4 is 11.6 Å². The van der Waals surface area contributed by atoms with E-state index in [0.29, 0.717) is 22.8 Å². The molecule has 0 bridgehead atoms. The fraction of sp³-hybridized carbons (Fsp3) is 0.200. The van der Waals surface area contributed by atoms with Gasteiger partial charge in [0, 0.05) is 17.7 Å². The predicted octanol–water partition coefficient (Wildman–Crippen LogP) is -0.0814. The third-order valence-corrected chi connectivity index (χ3v) is 3.54. The minimum absolute atomic E-state index is 0.0980. The van der Waals surface area contributed by atoms with Crippen molar-refractivity contribution in [3.05, 3.63) is 63.1 Å². The number of aromatic nitrogens is 6. The highest BCUT2D eigenvalue weighted by Gasteiger charge is 2.10. The molecule has 0 atom stereocenters. The molecule has 0 spiro atoms. The molecule has 10 heteroatoms. The number of aryl methyl sites for hydroxylation is 1. The minimum atomic E-state index is -0.561. The van der Waals surface area contributed by atoms with Gasteiger partial charge in [-0.25, -0.2) is 19.4 Å². The maximum Gasteiger partial charge on any atom is 0.325 e. The molecule has 128 valence electrons. The van der Waals surface area contributed by atoms with E-state index in [2.05, 4.69) is 30.4 Å². The zero-order chi connectivity index (χ0) is 17.8. The summed E-state index contributed by atoms with van der Waals surface area (Å²) in [4.78, 5) is 47.6. The number of H-pyrrole nitrogens is 2. The summed E-state index contributed by atoms with van der Waals surface area (Å²) in [6.07, 6.45) is 4.74. The van der Waals surface area contributed by atoms with Crippen LogP contribution in [-0.2, 0) is 11.2 Å². The second-order valence-electron chi connectivity index (χ2n) is 5.31. The van der Waals surface area contributed by atoms with Crippen LogP contribution in [0.5, 0.6) is 0 Å². The van der Waals surface area contributed by atoms with E-state index in [4.69, 9.17) is 0 Å². The molecule has 0 fully saturated rings. The predicted molar refractivity (Wildman–Crippen MR) is 88.5 cm³/mol. The number of amides is 1. The standard InChI is InChI=1S/C15H15N7O3/c1-9-11(14(24)21-15(25)19-9)3-5-13(23)20-10-2-4-12(17-6-10)22-8-16-7-18-22/h2,4,6-8H,3,5H2,1H3,(H,20,23)(H2,19,21,24,25). The first-order chi connectivity index (χ1) is 12.0. The number of carbonyl (C=O) groups excluding carboxylic acids is 1. The monoisotopic (exact) mass is 341 g/mol. The molecule has 1 amide bonds. The molecule has 3 heterocycles. The van der Waals surface area contributed by atoms with Gasteiger partial charge in [-0.3, -0.25) is 14.6 Å². The van der Waals surface area contributed by atoms with Crippen LogP contribution in [0, 0.1) is 6.92 Å². The van der Waals surface area contributed by atoms with E-state index in [1.165, 1.54) is 23.5 Å². The lowest BCUT2D eigenvalue weighted by molar-refractivity contribution is -0.116. The maximum absolute atomic E-state index is 12.0. The highest BCUT2D eigenvalue weighted by molar-refractivity contribution is 5.90. The zero-order valence-corrected chi connectivity index (χ0v) is 13.3. The zero-order valence-electron chi connectivity index (χ0n) is 13.3. The van der Waals surface area contributed by atoms with Gasteiger partial charge in [-0.15, -0.1) is 0 Å². The second kappa shape index (κ2) is 6.91. The van der Waals surface area contributed by atoms with Gasteiger partial charge in [0.05, 0.1) is 11.9 Å². The molecule has 0 aromatic carbocycles. The van der Waals surface area contributed by atoms with E-state index < -0.39 is 11.2 Å². The average Bonchev–Trinajstić information content (AvgIpc) is 3.09. The smallest absolute Gasteiger partial charge is 0.325 e. The summed E-state index contributed by atoms with van der Waals surface area (Å²) in [6, 6.07) is 3.39. The summed E-state index contributed by atoms with van der Waals surface area (Å²) in [5, 5.41) is 6.66. The highest BCUT2D eigenvalue weighted by Crippen LogP contribution is 2.09. The van der Waals surface area contributed by atoms with Crippen molar-refractivity contribution in [3.8, 4) is 5.82 Å².